The van der Waals surface area contributed by atoms with Crippen LogP contribution >= 0.6 is 0 Å². The first kappa shape index (κ1) is 14.3. The Morgan fingerprint density at radius 2 is 2.10 bits per heavy atom. The van der Waals surface area contributed by atoms with E-state index in [9.17, 15) is 0 Å². The van der Waals surface area contributed by atoms with Gasteiger partial charge >= 0.3 is 0 Å². The van der Waals surface area contributed by atoms with Crippen molar-refractivity contribution in [1.29, 1.82) is 0 Å². The molecule has 1 aliphatic rings. The fourth-order valence-corrected chi connectivity index (χ4v) is 3.03. The predicted molar refractivity (Wildman–Crippen MR) is 84.5 cm³/mol. The number of hydrogen-bond donors (Lipinski definition) is 1. The summed E-state index contributed by atoms with van der Waals surface area (Å²) in [4.78, 5) is 0. The largest absolute Gasteiger partial charge is 0.311 e. The Kier molecular flexibility index (Phi) is 4.34. The van der Waals surface area contributed by atoms with Crippen LogP contribution in [0.3, 0.4) is 0 Å². The molecule has 2 aromatic rings. The molecule has 0 amide bonds. The summed E-state index contributed by atoms with van der Waals surface area (Å²) in [6, 6.07) is 6.57. The van der Waals surface area contributed by atoms with Crippen molar-refractivity contribution in [3.05, 3.63) is 41.2 Å². The van der Waals surface area contributed by atoms with Crippen molar-refractivity contribution in [3.63, 3.8) is 0 Å². The molecule has 0 radical (unpaired) electrons. The molecule has 1 aliphatic carbocycles. The number of nitrogens with one attached hydrogen (secondary N) is 1. The van der Waals surface area contributed by atoms with Crippen LogP contribution in [-0.4, -0.2) is 21.5 Å². The molecule has 4 heteroatoms. The molecule has 0 unspecified atom stereocenters. The summed E-state index contributed by atoms with van der Waals surface area (Å²) in [5.74, 6) is 0.652. The van der Waals surface area contributed by atoms with Gasteiger partial charge in [-0.1, -0.05) is 31.2 Å². The summed E-state index contributed by atoms with van der Waals surface area (Å²) in [5, 5.41) is 11.9. The van der Waals surface area contributed by atoms with Crippen molar-refractivity contribution in [2.45, 2.75) is 46.1 Å². The monoisotopic (exact) mass is 284 g/mol. The molecular formula is C17H24N4. The molecule has 0 fully saturated rings. The highest BCUT2D eigenvalue weighted by Crippen LogP contribution is 2.27. The quantitative estimate of drug-likeness (QED) is 0.918. The van der Waals surface area contributed by atoms with Crippen LogP contribution < -0.4 is 5.32 Å². The zero-order valence-corrected chi connectivity index (χ0v) is 13.0. The first-order valence-corrected chi connectivity index (χ1v) is 7.97. The maximum Gasteiger partial charge on any atom is 0.0783 e. The maximum atomic E-state index is 4.32. The number of nitrogens with zero attached hydrogens (tertiary/aromatic N) is 3. The van der Waals surface area contributed by atoms with Gasteiger partial charge in [0.25, 0.3) is 0 Å². The van der Waals surface area contributed by atoms with E-state index < -0.39 is 0 Å². The van der Waals surface area contributed by atoms with E-state index in [-0.39, 0.29) is 0 Å². The van der Waals surface area contributed by atoms with E-state index in [0.29, 0.717) is 5.92 Å². The first-order chi connectivity index (χ1) is 10.3. The van der Waals surface area contributed by atoms with Crippen molar-refractivity contribution in [3.8, 4) is 5.69 Å². The standard InChI is InChI=1S/C17H24N4/c1-13(2)10-18-11-15-12-19-20-21(15)17-9-5-7-14-6-3-4-8-16(14)17/h5,7,9,12-13,18H,3-4,6,8,10-11H2,1-2H3. The third-order valence-corrected chi connectivity index (χ3v) is 4.08. The van der Waals surface area contributed by atoms with Crippen LogP contribution in [0.5, 0.6) is 0 Å². The lowest BCUT2D eigenvalue weighted by Crippen LogP contribution is -2.21. The van der Waals surface area contributed by atoms with Crippen LogP contribution in [-0.2, 0) is 19.4 Å². The lowest BCUT2D eigenvalue weighted by Gasteiger charge is -2.20. The van der Waals surface area contributed by atoms with Crippen molar-refractivity contribution in [2.24, 2.45) is 5.92 Å². The van der Waals surface area contributed by atoms with Gasteiger partial charge in [-0.25, -0.2) is 4.68 Å². The molecule has 4 nitrogen and oxygen atoms in total. The zero-order valence-electron chi connectivity index (χ0n) is 13.0. The molecule has 1 aromatic heterocycles. The fourth-order valence-electron chi connectivity index (χ4n) is 3.03. The van der Waals surface area contributed by atoms with Gasteiger partial charge in [-0.05, 0) is 55.3 Å². The molecule has 0 saturated carbocycles. The Hall–Kier alpha value is -1.68. The summed E-state index contributed by atoms with van der Waals surface area (Å²) in [6.07, 6.45) is 6.80. The van der Waals surface area contributed by atoms with Gasteiger partial charge in [0.15, 0.2) is 0 Å². The van der Waals surface area contributed by atoms with Crippen LogP contribution in [0.15, 0.2) is 24.4 Å². The van der Waals surface area contributed by atoms with Crippen LogP contribution in [0.25, 0.3) is 5.69 Å². The van der Waals surface area contributed by atoms with Gasteiger partial charge in [-0.15, -0.1) is 5.10 Å². The minimum Gasteiger partial charge on any atom is -0.311 e. The number of fused-ring (bicyclic) bond motifs is 1. The Balaban J connectivity index is 1.86. The number of benzene rings is 1. The van der Waals surface area contributed by atoms with E-state index in [4.69, 9.17) is 0 Å². The van der Waals surface area contributed by atoms with Crippen molar-refractivity contribution in [1.82, 2.24) is 20.3 Å². The maximum absolute atomic E-state index is 4.32. The summed E-state index contributed by atoms with van der Waals surface area (Å²) in [7, 11) is 0. The van der Waals surface area contributed by atoms with Gasteiger partial charge < -0.3 is 5.32 Å². The number of rotatable bonds is 5. The van der Waals surface area contributed by atoms with E-state index in [1.165, 1.54) is 36.1 Å². The molecule has 1 aromatic carbocycles. The van der Waals surface area contributed by atoms with Crippen molar-refractivity contribution < 1.29 is 0 Å². The van der Waals surface area contributed by atoms with E-state index in [0.717, 1.165) is 25.2 Å². The van der Waals surface area contributed by atoms with Crippen molar-refractivity contribution >= 4 is 0 Å². The van der Waals surface area contributed by atoms with Crippen molar-refractivity contribution in [2.75, 3.05) is 6.54 Å². The first-order valence-electron chi connectivity index (χ1n) is 7.97. The molecule has 21 heavy (non-hydrogen) atoms. The van der Waals surface area contributed by atoms with E-state index in [2.05, 4.69) is 47.7 Å². The smallest absolute Gasteiger partial charge is 0.0783 e. The normalized spacial score (nSPS) is 14.4. The molecule has 112 valence electrons. The molecule has 0 spiro atoms. The third kappa shape index (κ3) is 3.16. The van der Waals surface area contributed by atoms with E-state index >= 15 is 0 Å². The Labute approximate surface area is 126 Å². The molecule has 3 rings (SSSR count). The molecule has 0 bridgehead atoms. The van der Waals surface area contributed by atoms with Gasteiger partial charge in [0.05, 0.1) is 17.6 Å². The SMILES string of the molecule is CC(C)CNCc1cnnn1-c1cccc2c1CCCC2. The minimum atomic E-state index is 0.652. The van der Waals surface area contributed by atoms with Gasteiger partial charge in [0.2, 0.25) is 0 Å². The Morgan fingerprint density at radius 3 is 2.95 bits per heavy atom. The summed E-state index contributed by atoms with van der Waals surface area (Å²) in [5.41, 5.74) is 5.29. The summed E-state index contributed by atoms with van der Waals surface area (Å²) in [6.45, 7) is 6.26. The average Bonchev–Trinajstić information content (AvgIpc) is 2.94. The van der Waals surface area contributed by atoms with Gasteiger partial charge in [-0.3, -0.25) is 0 Å². The average molecular weight is 284 g/mol. The predicted octanol–water partition coefficient (Wildman–Crippen LogP) is 2.89. The fraction of sp³-hybridized carbons (Fsp3) is 0.529. The van der Waals surface area contributed by atoms with Crippen LogP contribution in [0.2, 0.25) is 0 Å². The molecular weight excluding hydrogens is 260 g/mol. The van der Waals surface area contributed by atoms with Crippen LogP contribution in [0.1, 0.15) is 43.5 Å². The Bertz CT molecular complexity index is 601. The third-order valence-electron chi connectivity index (χ3n) is 4.08. The lowest BCUT2D eigenvalue weighted by molar-refractivity contribution is 0.541. The molecule has 1 heterocycles. The van der Waals surface area contributed by atoms with Gasteiger partial charge in [0.1, 0.15) is 0 Å². The summed E-state index contributed by atoms with van der Waals surface area (Å²) >= 11 is 0. The van der Waals surface area contributed by atoms with Crippen LogP contribution in [0, 0.1) is 5.92 Å². The lowest BCUT2D eigenvalue weighted by atomic mass is 9.90. The second-order valence-corrected chi connectivity index (χ2v) is 6.28. The Morgan fingerprint density at radius 1 is 1.24 bits per heavy atom. The number of hydrogen-bond acceptors (Lipinski definition) is 3. The molecule has 0 atom stereocenters. The topological polar surface area (TPSA) is 42.7 Å². The highest BCUT2D eigenvalue weighted by molar-refractivity contribution is 5.47. The van der Waals surface area contributed by atoms with Gasteiger partial charge in [0, 0.05) is 6.54 Å². The zero-order chi connectivity index (χ0) is 14.7. The highest BCUT2D eigenvalue weighted by Gasteiger charge is 2.16. The number of aromatic nitrogens is 3. The molecule has 0 saturated heterocycles. The number of aryl methyl sites for hydroxylation is 1. The van der Waals surface area contributed by atoms with Gasteiger partial charge in [-0.2, -0.15) is 0 Å². The van der Waals surface area contributed by atoms with E-state index in [1.807, 2.05) is 10.9 Å². The minimum absolute atomic E-state index is 0.652. The highest BCUT2D eigenvalue weighted by atomic mass is 15.4. The van der Waals surface area contributed by atoms with Crippen LogP contribution in [0.4, 0.5) is 0 Å². The van der Waals surface area contributed by atoms with E-state index in [1.54, 1.807) is 0 Å². The molecule has 1 N–H and O–H groups in total. The second kappa shape index (κ2) is 6.39. The summed E-state index contributed by atoms with van der Waals surface area (Å²) < 4.78 is 2.01. The molecule has 0 aliphatic heterocycles. The second-order valence-electron chi connectivity index (χ2n) is 6.28.